The molecule has 1 aliphatic rings. The van der Waals surface area contributed by atoms with Crippen LogP contribution in [0.3, 0.4) is 0 Å². The van der Waals surface area contributed by atoms with Crippen molar-refractivity contribution < 1.29 is 27.5 Å². The molecule has 0 saturated heterocycles. The lowest BCUT2D eigenvalue weighted by Gasteiger charge is -2.25. The van der Waals surface area contributed by atoms with E-state index in [1.807, 2.05) is 0 Å². The first kappa shape index (κ1) is 29.2. The zero-order chi connectivity index (χ0) is 28.7. The lowest BCUT2D eigenvalue weighted by molar-refractivity contribution is -0.114. The van der Waals surface area contributed by atoms with Crippen LogP contribution >= 0.6 is 11.6 Å². The minimum Gasteiger partial charge on any atom is -0.493 e. The third-order valence-electron chi connectivity index (χ3n) is 6.73. The fraction of sp³-hybridized carbons (Fsp3) is 0.310. The van der Waals surface area contributed by atoms with E-state index in [2.05, 4.69) is 10.6 Å². The maximum absolute atomic E-state index is 13.8. The molecule has 1 aliphatic carbocycles. The van der Waals surface area contributed by atoms with Crippen LogP contribution in [0.1, 0.15) is 42.5 Å². The summed E-state index contributed by atoms with van der Waals surface area (Å²) in [4.78, 5) is 26.3. The quantitative estimate of drug-likeness (QED) is 0.336. The third-order valence-corrected chi connectivity index (χ3v) is 8.75. The Balaban J connectivity index is 1.60. The van der Waals surface area contributed by atoms with Gasteiger partial charge in [-0.3, -0.25) is 13.9 Å². The molecule has 2 amide bonds. The summed E-state index contributed by atoms with van der Waals surface area (Å²) in [6.07, 6.45) is 5.14. The molecule has 3 aromatic carbocycles. The number of benzene rings is 3. The Bertz CT molecular complexity index is 1460. The molecule has 11 heteroatoms. The summed E-state index contributed by atoms with van der Waals surface area (Å²) in [5, 5.41) is 6.20. The van der Waals surface area contributed by atoms with Gasteiger partial charge >= 0.3 is 0 Å². The summed E-state index contributed by atoms with van der Waals surface area (Å²) in [7, 11) is -1.39. The molecule has 4 rings (SSSR count). The molecular weight excluding hydrogens is 554 g/mol. The van der Waals surface area contributed by atoms with Crippen molar-refractivity contribution in [2.45, 2.75) is 43.0 Å². The number of carbonyl (C=O) groups excluding carboxylic acids is 2. The first-order valence-corrected chi connectivity index (χ1v) is 14.7. The first-order valence-electron chi connectivity index (χ1n) is 12.9. The molecule has 0 radical (unpaired) electrons. The fourth-order valence-corrected chi connectivity index (χ4v) is 6.21. The smallest absolute Gasteiger partial charge is 0.264 e. The average Bonchev–Trinajstić information content (AvgIpc) is 2.96. The van der Waals surface area contributed by atoms with E-state index in [4.69, 9.17) is 21.1 Å². The van der Waals surface area contributed by atoms with Crippen molar-refractivity contribution in [1.82, 2.24) is 5.32 Å². The predicted molar refractivity (Wildman–Crippen MR) is 155 cm³/mol. The van der Waals surface area contributed by atoms with E-state index in [1.165, 1.54) is 56.7 Å². The number of rotatable bonds is 10. The predicted octanol–water partition coefficient (Wildman–Crippen LogP) is 5.25. The van der Waals surface area contributed by atoms with Gasteiger partial charge in [-0.2, -0.15) is 0 Å². The van der Waals surface area contributed by atoms with Gasteiger partial charge in [-0.15, -0.1) is 0 Å². The van der Waals surface area contributed by atoms with E-state index in [1.54, 1.807) is 24.3 Å². The molecule has 212 valence electrons. The molecular formula is C29H32ClN3O6S. The van der Waals surface area contributed by atoms with Crippen LogP contribution in [-0.4, -0.2) is 47.0 Å². The minimum atomic E-state index is -4.24. The van der Waals surface area contributed by atoms with Crippen molar-refractivity contribution >= 4 is 44.8 Å². The van der Waals surface area contributed by atoms with Gasteiger partial charge in [0.15, 0.2) is 11.5 Å². The van der Waals surface area contributed by atoms with E-state index in [-0.39, 0.29) is 28.3 Å². The van der Waals surface area contributed by atoms with E-state index in [0.717, 1.165) is 36.4 Å². The third kappa shape index (κ3) is 6.86. The number of amides is 2. The highest BCUT2D eigenvalue weighted by Gasteiger charge is 2.29. The Hall–Kier alpha value is -3.76. The maximum Gasteiger partial charge on any atom is 0.264 e. The zero-order valence-corrected chi connectivity index (χ0v) is 23.9. The Morgan fingerprint density at radius 3 is 2.27 bits per heavy atom. The molecule has 9 nitrogen and oxygen atoms in total. The van der Waals surface area contributed by atoms with Crippen LogP contribution in [0.25, 0.3) is 0 Å². The van der Waals surface area contributed by atoms with Crippen LogP contribution < -0.4 is 24.4 Å². The number of sulfonamides is 1. The lowest BCUT2D eigenvalue weighted by atomic mass is 9.95. The Morgan fingerprint density at radius 2 is 1.60 bits per heavy atom. The van der Waals surface area contributed by atoms with Crippen LogP contribution in [0.5, 0.6) is 11.5 Å². The van der Waals surface area contributed by atoms with E-state index in [0.29, 0.717) is 22.0 Å². The second-order valence-corrected chi connectivity index (χ2v) is 11.7. The second kappa shape index (κ2) is 13.1. The molecule has 2 N–H and O–H groups in total. The van der Waals surface area contributed by atoms with Crippen LogP contribution in [0.4, 0.5) is 11.4 Å². The summed E-state index contributed by atoms with van der Waals surface area (Å²) >= 11 is 6.03. The maximum atomic E-state index is 13.8. The second-order valence-electron chi connectivity index (χ2n) is 9.41. The summed E-state index contributed by atoms with van der Waals surface area (Å²) in [6.45, 7) is -0.559. The molecule has 0 spiro atoms. The average molecular weight is 586 g/mol. The molecule has 0 atom stereocenters. The minimum absolute atomic E-state index is 0.0945. The van der Waals surface area contributed by atoms with Gasteiger partial charge in [0.05, 0.1) is 36.1 Å². The lowest BCUT2D eigenvalue weighted by Crippen LogP contribution is -2.39. The number of hydrogen-bond donors (Lipinski definition) is 2. The highest BCUT2D eigenvalue weighted by Crippen LogP contribution is 2.32. The molecule has 0 heterocycles. The standard InChI is InChI=1S/C29H32ClN3O6S/c1-38-26-17-16-23(18-27(26)39-2)40(36,37)33(22-14-12-20(30)13-15-22)19-28(34)32-25-11-7-6-10-24(25)29(35)31-21-8-4-3-5-9-21/h6-7,10-18,21H,3-5,8-9,19H2,1-2H3,(H,31,35)(H,32,34). The van der Waals surface area contributed by atoms with Gasteiger partial charge in [-0.1, -0.05) is 43.0 Å². The van der Waals surface area contributed by atoms with E-state index >= 15 is 0 Å². The Morgan fingerprint density at radius 1 is 0.925 bits per heavy atom. The van der Waals surface area contributed by atoms with Gasteiger partial charge < -0.3 is 20.1 Å². The normalized spacial score (nSPS) is 13.8. The number of ether oxygens (including phenoxy) is 2. The number of halogens is 1. The molecule has 3 aromatic rings. The molecule has 40 heavy (non-hydrogen) atoms. The number of carbonyl (C=O) groups is 2. The molecule has 1 saturated carbocycles. The Labute approximate surface area is 239 Å². The van der Waals surface area contributed by atoms with Gasteiger partial charge in [0, 0.05) is 17.1 Å². The van der Waals surface area contributed by atoms with Crippen molar-refractivity contribution in [2.75, 3.05) is 30.4 Å². The molecule has 1 fully saturated rings. The Kier molecular flexibility index (Phi) is 9.54. The van der Waals surface area contributed by atoms with Gasteiger partial charge in [-0.05, 0) is 61.4 Å². The summed E-state index contributed by atoms with van der Waals surface area (Å²) in [5.74, 6) is -0.324. The van der Waals surface area contributed by atoms with Gasteiger partial charge in [0.25, 0.3) is 15.9 Å². The van der Waals surface area contributed by atoms with Crippen LogP contribution in [0.15, 0.2) is 71.6 Å². The molecule has 0 aliphatic heterocycles. The number of anilines is 2. The number of methoxy groups -OCH3 is 2. The van der Waals surface area contributed by atoms with Crippen LogP contribution in [0, 0.1) is 0 Å². The van der Waals surface area contributed by atoms with Gasteiger partial charge in [0.1, 0.15) is 6.54 Å². The van der Waals surface area contributed by atoms with Crippen molar-refractivity contribution in [3.8, 4) is 11.5 Å². The topological polar surface area (TPSA) is 114 Å². The van der Waals surface area contributed by atoms with Crippen molar-refractivity contribution in [2.24, 2.45) is 0 Å². The molecule has 0 aromatic heterocycles. The summed E-state index contributed by atoms with van der Waals surface area (Å²) < 4.78 is 39.1. The monoisotopic (exact) mass is 585 g/mol. The highest BCUT2D eigenvalue weighted by molar-refractivity contribution is 7.92. The van der Waals surface area contributed by atoms with Crippen molar-refractivity contribution in [1.29, 1.82) is 0 Å². The van der Waals surface area contributed by atoms with E-state index in [9.17, 15) is 18.0 Å². The fourth-order valence-electron chi connectivity index (χ4n) is 4.65. The SMILES string of the molecule is COc1ccc(S(=O)(=O)N(CC(=O)Nc2ccccc2C(=O)NC2CCCCC2)c2ccc(Cl)cc2)cc1OC. The number of nitrogens with zero attached hydrogens (tertiary/aromatic N) is 1. The van der Waals surface area contributed by atoms with Crippen LogP contribution in [-0.2, 0) is 14.8 Å². The summed E-state index contributed by atoms with van der Waals surface area (Å²) in [5.41, 5.74) is 0.834. The highest BCUT2D eigenvalue weighted by atomic mass is 35.5. The van der Waals surface area contributed by atoms with Gasteiger partial charge in [0.2, 0.25) is 5.91 Å². The zero-order valence-electron chi connectivity index (χ0n) is 22.4. The van der Waals surface area contributed by atoms with Crippen molar-refractivity contribution in [3.63, 3.8) is 0 Å². The van der Waals surface area contributed by atoms with E-state index < -0.39 is 22.5 Å². The number of para-hydroxylation sites is 1. The molecule has 0 unspecified atom stereocenters. The van der Waals surface area contributed by atoms with Crippen molar-refractivity contribution in [3.05, 3.63) is 77.3 Å². The number of nitrogens with one attached hydrogen (secondary N) is 2. The largest absolute Gasteiger partial charge is 0.493 e. The van der Waals surface area contributed by atoms with Gasteiger partial charge in [-0.25, -0.2) is 8.42 Å². The van der Waals surface area contributed by atoms with Crippen LogP contribution in [0.2, 0.25) is 5.02 Å². The first-order chi connectivity index (χ1) is 19.2. The molecule has 0 bridgehead atoms. The summed E-state index contributed by atoms with van der Waals surface area (Å²) in [6, 6.07) is 17.0. The number of hydrogen-bond acceptors (Lipinski definition) is 6.